The van der Waals surface area contributed by atoms with Crippen molar-refractivity contribution in [3.8, 4) is 11.5 Å². The lowest BCUT2D eigenvalue weighted by Crippen LogP contribution is -2.42. The average Bonchev–Trinajstić information content (AvgIpc) is 3.27. The van der Waals surface area contributed by atoms with Gasteiger partial charge in [-0.15, -0.1) is 0 Å². The summed E-state index contributed by atoms with van der Waals surface area (Å²) >= 11 is 0. The maximum atomic E-state index is 12.9. The number of hydrogen-bond donors (Lipinski definition) is 2. The number of nitrogens with zero attached hydrogens (tertiary/aromatic N) is 1. The van der Waals surface area contributed by atoms with Gasteiger partial charge in [-0.05, 0) is 44.0 Å². The summed E-state index contributed by atoms with van der Waals surface area (Å²) in [4.78, 5) is 25.7. The largest absolute Gasteiger partial charge is 0.454 e. The second-order valence-corrected chi connectivity index (χ2v) is 9.89. The van der Waals surface area contributed by atoms with Crippen LogP contribution in [-0.4, -0.2) is 50.2 Å². The van der Waals surface area contributed by atoms with Gasteiger partial charge >= 0.3 is 0 Å². The minimum absolute atomic E-state index is 0.0513. The average molecular weight is 460 g/mol. The Kier molecular flexibility index (Phi) is 6.33. The molecule has 9 nitrogen and oxygen atoms in total. The van der Waals surface area contributed by atoms with Crippen LogP contribution in [0, 0.1) is 5.92 Å². The number of anilines is 2. The molecule has 0 radical (unpaired) electrons. The van der Waals surface area contributed by atoms with E-state index in [4.69, 9.17) is 9.47 Å². The molecule has 2 aromatic carbocycles. The first kappa shape index (κ1) is 22.1. The van der Waals surface area contributed by atoms with Gasteiger partial charge in [-0.2, -0.15) is 0 Å². The summed E-state index contributed by atoms with van der Waals surface area (Å²) in [7, 11) is -3.25. The number of carbonyl (C=O) groups excluding carboxylic acids is 2. The second-order valence-electron chi connectivity index (χ2n) is 7.63. The minimum Gasteiger partial charge on any atom is -0.454 e. The fourth-order valence-corrected chi connectivity index (χ4v) is 4.91. The summed E-state index contributed by atoms with van der Waals surface area (Å²) in [6.07, 6.45) is 0.882. The number of para-hydroxylation sites is 1. The number of carbonyl (C=O) groups is 2. The zero-order valence-electron chi connectivity index (χ0n) is 17.7. The van der Waals surface area contributed by atoms with Gasteiger partial charge < -0.3 is 20.1 Å². The van der Waals surface area contributed by atoms with Gasteiger partial charge in [0.05, 0.1) is 17.0 Å². The van der Waals surface area contributed by atoms with Crippen molar-refractivity contribution in [3.05, 3.63) is 48.0 Å². The Balaban J connectivity index is 1.41. The van der Waals surface area contributed by atoms with Gasteiger partial charge in [0.25, 0.3) is 5.91 Å². The molecule has 0 aliphatic carbocycles. The summed E-state index contributed by atoms with van der Waals surface area (Å²) in [6.45, 7) is 2.39. The molecule has 0 spiro atoms. The molecule has 170 valence electrons. The van der Waals surface area contributed by atoms with Gasteiger partial charge in [-0.25, -0.2) is 12.7 Å². The molecule has 0 atom stereocenters. The van der Waals surface area contributed by atoms with Crippen molar-refractivity contribution < 1.29 is 27.5 Å². The predicted molar refractivity (Wildman–Crippen MR) is 119 cm³/mol. The maximum Gasteiger partial charge on any atom is 0.257 e. The lowest BCUT2D eigenvalue weighted by Gasteiger charge is -2.30. The molecule has 1 saturated heterocycles. The summed E-state index contributed by atoms with van der Waals surface area (Å²) < 4.78 is 36.1. The molecule has 0 bridgehead atoms. The number of nitrogens with one attached hydrogen (secondary N) is 2. The van der Waals surface area contributed by atoms with Crippen LogP contribution < -0.4 is 20.1 Å². The van der Waals surface area contributed by atoms with E-state index in [1.807, 2.05) is 0 Å². The molecule has 0 aromatic heterocycles. The van der Waals surface area contributed by atoms with E-state index in [-0.39, 0.29) is 30.3 Å². The fourth-order valence-electron chi connectivity index (χ4n) is 3.78. The van der Waals surface area contributed by atoms with E-state index in [9.17, 15) is 18.0 Å². The highest BCUT2D eigenvalue weighted by Crippen LogP contribution is 2.34. The van der Waals surface area contributed by atoms with Crippen LogP contribution in [0.1, 0.15) is 30.1 Å². The molecule has 2 aliphatic rings. The van der Waals surface area contributed by atoms with E-state index in [0.29, 0.717) is 54.4 Å². The summed E-state index contributed by atoms with van der Waals surface area (Å²) in [5.41, 5.74) is 1.27. The van der Waals surface area contributed by atoms with Gasteiger partial charge in [0.1, 0.15) is 0 Å². The third-order valence-corrected chi connectivity index (χ3v) is 7.52. The number of rotatable bonds is 6. The Labute approximate surface area is 186 Å². The molecule has 2 heterocycles. The molecule has 2 aromatic rings. The molecule has 2 amide bonds. The number of ether oxygens (including phenoxy) is 2. The zero-order chi connectivity index (χ0) is 22.7. The standard InChI is InChI=1S/C22H25N3O6S/c1-2-32(28,29)25-11-9-15(10-12-25)21(26)24-18-6-4-3-5-17(18)22(27)23-16-7-8-19-20(13-16)31-14-30-19/h3-8,13,15H,2,9-12,14H2,1H3,(H,23,27)(H,24,26). The van der Waals surface area contributed by atoms with Crippen molar-refractivity contribution in [2.75, 3.05) is 36.3 Å². The number of benzene rings is 2. The molecule has 4 rings (SSSR count). The number of fused-ring (bicyclic) bond motifs is 1. The van der Waals surface area contributed by atoms with E-state index in [1.165, 1.54) is 4.31 Å². The smallest absolute Gasteiger partial charge is 0.257 e. The van der Waals surface area contributed by atoms with Gasteiger partial charge in [0, 0.05) is 30.8 Å². The molecule has 2 aliphatic heterocycles. The van der Waals surface area contributed by atoms with Crippen LogP contribution in [0.2, 0.25) is 0 Å². The Bertz CT molecular complexity index is 1130. The van der Waals surface area contributed by atoms with E-state index in [0.717, 1.165) is 0 Å². The van der Waals surface area contributed by atoms with Crippen LogP contribution in [0.3, 0.4) is 0 Å². The number of hydrogen-bond acceptors (Lipinski definition) is 6. The lowest BCUT2D eigenvalue weighted by molar-refractivity contribution is -0.120. The lowest BCUT2D eigenvalue weighted by atomic mass is 9.97. The van der Waals surface area contributed by atoms with Crippen molar-refractivity contribution in [1.29, 1.82) is 0 Å². The van der Waals surface area contributed by atoms with Gasteiger partial charge in [-0.3, -0.25) is 9.59 Å². The van der Waals surface area contributed by atoms with Crippen molar-refractivity contribution in [3.63, 3.8) is 0 Å². The number of amides is 2. The first-order valence-electron chi connectivity index (χ1n) is 10.5. The first-order valence-corrected chi connectivity index (χ1v) is 12.1. The van der Waals surface area contributed by atoms with Crippen molar-refractivity contribution in [2.45, 2.75) is 19.8 Å². The highest BCUT2D eigenvalue weighted by atomic mass is 32.2. The minimum atomic E-state index is -3.25. The van der Waals surface area contributed by atoms with E-state index in [2.05, 4.69) is 10.6 Å². The Morgan fingerprint density at radius 2 is 1.75 bits per heavy atom. The number of piperidine rings is 1. The predicted octanol–water partition coefficient (Wildman–Crippen LogP) is 2.67. The monoisotopic (exact) mass is 459 g/mol. The maximum absolute atomic E-state index is 12.9. The van der Waals surface area contributed by atoms with Crippen molar-refractivity contribution >= 4 is 33.2 Å². The molecule has 2 N–H and O–H groups in total. The summed E-state index contributed by atoms with van der Waals surface area (Å²) in [5, 5.41) is 5.65. The highest BCUT2D eigenvalue weighted by molar-refractivity contribution is 7.89. The van der Waals surface area contributed by atoms with Crippen LogP contribution >= 0.6 is 0 Å². The third-order valence-electron chi connectivity index (χ3n) is 5.64. The van der Waals surface area contributed by atoms with E-state index in [1.54, 1.807) is 49.4 Å². The summed E-state index contributed by atoms with van der Waals surface area (Å²) in [6, 6.07) is 11.9. The van der Waals surface area contributed by atoms with Gasteiger partial charge in [0.2, 0.25) is 22.7 Å². The van der Waals surface area contributed by atoms with Crippen molar-refractivity contribution in [1.82, 2.24) is 4.31 Å². The SMILES string of the molecule is CCS(=O)(=O)N1CCC(C(=O)Nc2ccccc2C(=O)Nc2ccc3c(c2)OCO3)CC1. The van der Waals surface area contributed by atoms with Crippen LogP contribution in [0.15, 0.2) is 42.5 Å². The molecule has 1 fully saturated rings. The third kappa shape index (κ3) is 4.71. The van der Waals surface area contributed by atoms with E-state index >= 15 is 0 Å². The van der Waals surface area contributed by atoms with Crippen LogP contribution in [-0.2, 0) is 14.8 Å². The Morgan fingerprint density at radius 1 is 1.03 bits per heavy atom. The topological polar surface area (TPSA) is 114 Å². The van der Waals surface area contributed by atoms with Gasteiger partial charge in [0.15, 0.2) is 11.5 Å². The normalized spacial score (nSPS) is 16.5. The summed E-state index contributed by atoms with van der Waals surface area (Å²) in [5.74, 6) is 0.318. The number of sulfonamides is 1. The van der Waals surface area contributed by atoms with Crippen LogP contribution in [0.4, 0.5) is 11.4 Å². The molecular weight excluding hydrogens is 434 g/mol. The quantitative estimate of drug-likeness (QED) is 0.687. The molecular formula is C22H25N3O6S. The second kappa shape index (κ2) is 9.17. The molecule has 32 heavy (non-hydrogen) atoms. The van der Waals surface area contributed by atoms with Crippen LogP contribution in [0.25, 0.3) is 0 Å². The Hall–Kier alpha value is -3.11. The Morgan fingerprint density at radius 3 is 2.50 bits per heavy atom. The van der Waals surface area contributed by atoms with Crippen LogP contribution in [0.5, 0.6) is 11.5 Å². The van der Waals surface area contributed by atoms with Gasteiger partial charge in [-0.1, -0.05) is 12.1 Å². The highest BCUT2D eigenvalue weighted by Gasteiger charge is 2.30. The zero-order valence-corrected chi connectivity index (χ0v) is 18.5. The van der Waals surface area contributed by atoms with Crippen molar-refractivity contribution in [2.24, 2.45) is 5.92 Å². The molecule has 0 unspecified atom stereocenters. The molecule has 10 heteroatoms. The first-order chi connectivity index (χ1) is 15.4. The fraction of sp³-hybridized carbons (Fsp3) is 0.364. The van der Waals surface area contributed by atoms with E-state index < -0.39 is 10.0 Å². The molecule has 0 saturated carbocycles.